The van der Waals surface area contributed by atoms with Gasteiger partial charge in [-0.15, -0.1) is 13.2 Å². The minimum Gasteiger partial charge on any atom is -0.268 e. The van der Waals surface area contributed by atoms with Crippen LogP contribution in [0.4, 0.5) is 26.3 Å². The fraction of sp³-hybridized carbons (Fsp3) is 0.625. The predicted octanol–water partition coefficient (Wildman–Crippen LogP) is 2.88. The first-order chi connectivity index (χ1) is 7.55. The Morgan fingerprint density at radius 3 is 2.12 bits per heavy atom. The Hall–Kier alpha value is -1.25. The van der Waals surface area contributed by atoms with E-state index in [1.54, 1.807) is 0 Å². The van der Waals surface area contributed by atoms with Crippen molar-refractivity contribution in [3.8, 4) is 0 Å². The van der Waals surface area contributed by atoms with Crippen LogP contribution in [0.15, 0.2) is 6.20 Å². The maximum absolute atomic E-state index is 13.4. The number of alkyl halides is 6. The highest BCUT2D eigenvalue weighted by Gasteiger charge is 2.50. The molecular weight excluding hydrogens is 254 g/mol. The Kier molecular flexibility index (Phi) is 3.42. The van der Waals surface area contributed by atoms with E-state index in [2.05, 4.69) is 9.72 Å². The molecule has 0 N–H and O–H groups in total. The highest BCUT2D eigenvalue weighted by Crippen LogP contribution is 2.34. The lowest BCUT2D eigenvalue weighted by Gasteiger charge is -2.24. The van der Waals surface area contributed by atoms with Gasteiger partial charge in [0.2, 0.25) is 0 Å². The van der Waals surface area contributed by atoms with Crippen LogP contribution in [0.5, 0.6) is 0 Å². The Morgan fingerprint density at radius 1 is 1.24 bits per heavy atom. The number of nitrogens with zero attached hydrogens (tertiary/aromatic N) is 2. The second kappa shape index (κ2) is 4.21. The fourth-order valence-corrected chi connectivity index (χ4v) is 1.30. The lowest BCUT2D eigenvalue weighted by Crippen LogP contribution is -2.40. The van der Waals surface area contributed by atoms with E-state index in [1.165, 1.54) is 0 Å². The molecular formula is C8H8F6N2O. The Morgan fingerprint density at radius 2 is 1.76 bits per heavy atom. The summed E-state index contributed by atoms with van der Waals surface area (Å²) in [6.07, 6.45) is -8.33. The third-order valence-electron chi connectivity index (χ3n) is 1.92. The van der Waals surface area contributed by atoms with Gasteiger partial charge in [-0.05, 0) is 13.8 Å². The molecule has 17 heavy (non-hydrogen) atoms. The van der Waals surface area contributed by atoms with Gasteiger partial charge in [0.1, 0.15) is 5.82 Å². The second-order valence-electron chi connectivity index (χ2n) is 3.25. The summed E-state index contributed by atoms with van der Waals surface area (Å²) in [5, 5.41) is 0. The standard InChI is InChI=1S/C8H8F6N2O/c1-4-3-15-5(2)16(4)7(10,11)6(9)17-8(12,13)14/h3,6H,1-2H3. The molecule has 3 nitrogen and oxygen atoms in total. The van der Waals surface area contributed by atoms with E-state index in [9.17, 15) is 26.3 Å². The quantitative estimate of drug-likeness (QED) is 0.783. The molecule has 0 aromatic carbocycles. The number of hydrogen-bond donors (Lipinski definition) is 0. The van der Waals surface area contributed by atoms with E-state index in [0.717, 1.165) is 20.0 Å². The molecule has 0 saturated carbocycles. The molecule has 9 heteroatoms. The Bertz CT molecular complexity index is 380. The van der Waals surface area contributed by atoms with Gasteiger partial charge in [-0.25, -0.2) is 14.1 Å². The van der Waals surface area contributed by atoms with Gasteiger partial charge in [-0.3, -0.25) is 4.57 Å². The monoisotopic (exact) mass is 262 g/mol. The van der Waals surface area contributed by atoms with Crippen LogP contribution in [0.2, 0.25) is 0 Å². The van der Waals surface area contributed by atoms with Gasteiger partial charge >= 0.3 is 12.4 Å². The molecule has 0 aliphatic heterocycles. The third-order valence-corrected chi connectivity index (χ3v) is 1.92. The molecule has 0 aliphatic rings. The fourth-order valence-electron chi connectivity index (χ4n) is 1.30. The van der Waals surface area contributed by atoms with Gasteiger partial charge in [0.25, 0.3) is 6.36 Å². The molecule has 0 bridgehead atoms. The van der Waals surface area contributed by atoms with Crippen molar-refractivity contribution in [2.45, 2.75) is 32.6 Å². The van der Waals surface area contributed by atoms with Gasteiger partial charge in [0, 0.05) is 11.9 Å². The van der Waals surface area contributed by atoms with Crippen LogP contribution >= 0.6 is 0 Å². The molecule has 1 unspecified atom stereocenters. The average molecular weight is 262 g/mol. The van der Waals surface area contributed by atoms with Crippen molar-refractivity contribution in [3.05, 3.63) is 17.7 Å². The van der Waals surface area contributed by atoms with Gasteiger partial charge in [-0.1, -0.05) is 0 Å². The van der Waals surface area contributed by atoms with Crippen molar-refractivity contribution in [2.75, 3.05) is 0 Å². The summed E-state index contributed by atoms with van der Waals surface area (Å²) >= 11 is 0. The van der Waals surface area contributed by atoms with E-state index in [-0.39, 0.29) is 16.1 Å². The highest BCUT2D eigenvalue weighted by atomic mass is 19.4. The smallest absolute Gasteiger partial charge is 0.268 e. The zero-order chi connectivity index (χ0) is 13.4. The van der Waals surface area contributed by atoms with E-state index >= 15 is 0 Å². The minimum atomic E-state index is -5.48. The molecule has 0 spiro atoms. The molecule has 1 rings (SSSR count). The van der Waals surface area contributed by atoms with Crippen LogP contribution < -0.4 is 0 Å². The number of rotatable bonds is 3. The first-order valence-corrected chi connectivity index (χ1v) is 4.33. The van der Waals surface area contributed by atoms with E-state index in [1.807, 2.05) is 0 Å². The van der Waals surface area contributed by atoms with Crippen molar-refractivity contribution in [3.63, 3.8) is 0 Å². The first-order valence-electron chi connectivity index (χ1n) is 4.33. The summed E-state index contributed by atoms with van der Waals surface area (Å²) in [5.41, 5.74) is -0.180. The van der Waals surface area contributed by atoms with Crippen LogP contribution in [-0.4, -0.2) is 22.3 Å². The lowest BCUT2D eigenvalue weighted by atomic mass is 10.4. The summed E-state index contributed by atoms with van der Waals surface area (Å²) in [6.45, 7) is 2.27. The Labute approximate surface area is 92.0 Å². The maximum atomic E-state index is 13.4. The molecule has 0 aliphatic carbocycles. The normalized spacial score (nSPS) is 15.1. The average Bonchev–Trinajstić information content (AvgIpc) is 2.43. The van der Waals surface area contributed by atoms with Gasteiger partial charge in [-0.2, -0.15) is 8.78 Å². The molecule has 1 heterocycles. The molecule has 0 fully saturated rings. The van der Waals surface area contributed by atoms with E-state index < -0.39 is 18.8 Å². The van der Waals surface area contributed by atoms with Crippen LogP contribution in [-0.2, 0) is 10.8 Å². The molecule has 1 atom stereocenters. The highest BCUT2D eigenvalue weighted by molar-refractivity contribution is 5.04. The SMILES string of the molecule is Cc1cnc(C)n1C(F)(F)C(F)OC(F)(F)F. The maximum Gasteiger partial charge on any atom is 0.525 e. The zero-order valence-corrected chi connectivity index (χ0v) is 8.73. The number of halogens is 6. The zero-order valence-electron chi connectivity index (χ0n) is 8.73. The number of hydrogen-bond acceptors (Lipinski definition) is 2. The van der Waals surface area contributed by atoms with Crippen molar-refractivity contribution >= 4 is 0 Å². The summed E-state index contributed by atoms with van der Waals surface area (Å²) in [5.74, 6) is -0.319. The third kappa shape index (κ3) is 2.90. The molecule has 0 saturated heterocycles. The predicted molar refractivity (Wildman–Crippen MR) is 43.9 cm³/mol. The minimum absolute atomic E-state index is 0.0450. The molecule has 98 valence electrons. The summed E-state index contributed by atoms with van der Waals surface area (Å²) in [7, 11) is 0. The van der Waals surface area contributed by atoms with Crippen molar-refractivity contribution in [1.29, 1.82) is 0 Å². The van der Waals surface area contributed by atoms with Gasteiger partial charge in [0.15, 0.2) is 0 Å². The summed E-state index contributed by atoms with van der Waals surface area (Å²) in [4.78, 5) is 3.44. The number of ether oxygens (including phenoxy) is 1. The Balaban J connectivity index is 3.03. The van der Waals surface area contributed by atoms with E-state index in [0.29, 0.717) is 0 Å². The lowest BCUT2D eigenvalue weighted by molar-refractivity contribution is -0.399. The number of imidazole rings is 1. The van der Waals surface area contributed by atoms with Crippen LogP contribution in [0.1, 0.15) is 11.5 Å². The van der Waals surface area contributed by atoms with Crippen LogP contribution in [0.25, 0.3) is 0 Å². The van der Waals surface area contributed by atoms with Crippen LogP contribution in [0.3, 0.4) is 0 Å². The summed E-state index contributed by atoms with van der Waals surface area (Å²) < 4.78 is 77.3. The van der Waals surface area contributed by atoms with Crippen molar-refractivity contribution < 1.29 is 31.1 Å². The number of aromatic nitrogens is 2. The number of aryl methyl sites for hydroxylation is 2. The summed E-state index contributed by atoms with van der Waals surface area (Å²) in [6, 6.07) is -4.49. The largest absolute Gasteiger partial charge is 0.525 e. The molecule has 1 aromatic rings. The van der Waals surface area contributed by atoms with E-state index in [4.69, 9.17) is 0 Å². The second-order valence-corrected chi connectivity index (χ2v) is 3.25. The van der Waals surface area contributed by atoms with Gasteiger partial charge < -0.3 is 0 Å². The first kappa shape index (κ1) is 13.8. The van der Waals surface area contributed by atoms with Crippen molar-refractivity contribution in [1.82, 2.24) is 9.55 Å². The molecule has 0 radical (unpaired) electrons. The molecule has 0 amide bonds. The van der Waals surface area contributed by atoms with Crippen LogP contribution in [0, 0.1) is 13.8 Å². The van der Waals surface area contributed by atoms with Crippen molar-refractivity contribution in [2.24, 2.45) is 0 Å². The topological polar surface area (TPSA) is 27.1 Å². The van der Waals surface area contributed by atoms with Gasteiger partial charge in [0.05, 0.1) is 0 Å². The molecule has 1 aromatic heterocycles.